The number of hydrogen-bond donors (Lipinski definition) is 1. The van der Waals surface area contributed by atoms with E-state index in [2.05, 4.69) is 31.2 Å². The number of ketones is 1. The smallest absolute Gasteiger partial charge is 0.380 e. The summed E-state index contributed by atoms with van der Waals surface area (Å²) in [5, 5.41) is 3.25. The predicted octanol–water partition coefficient (Wildman–Crippen LogP) is 5.18. The number of Topliss-reactive ketones (excluding diaryl/α,β-unsaturated/α-hetero) is 1. The lowest BCUT2D eigenvalue weighted by Crippen LogP contribution is -2.34. The summed E-state index contributed by atoms with van der Waals surface area (Å²) in [6.07, 6.45) is 3.53. The van der Waals surface area contributed by atoms with Gasteiger partial charge in [0.15, 0.2) is 5.78 Å². The fourth-order valence-electron chi connectivity index (χ4n) is 6.81. The normalized spacial score (nSPS) is 25.0. The van der Waals surface area contributed by atoms with Crippen LogP contribution in [0.25, 0.3) is 10.9 Å². The zero-order chi connectivity index (χ0) is 27.9. The quantitative estimate of drug-likeness (QED) is 0.412. The molecule has 6 rings (SSSR count). The number of aromatic nitrogens is 3. The van der Waals surface area contributed by atoms with Crippen LogP contribution in [0.4, 0.5) is 19.0 Å². The number of rotatable bonds is 8. The fourth-order valence-corrected chi connectivity index (χ4v) is 6.81. The van der Waals surface area contributed by atoms with Gasteiger partial charge in [0.2, 0.25) is 0 Å². The predicted molar refractivity (Wildman–Crippen MR) is 145 cm³/mol. The van der Waals surface area contributed by atoms with Crippen LogP contribution in [-0.4, -0.2) is 64.5 Å². The summed E-state index contributed by atoms with van der Waals surface area (Å²) in [6, 6.07) is 5.97. The molecule has 3 aliphatic rings. The number of fused-ring (bicyclic) bond motifs is 2. The number of aryl methyl sites for hydroxylation is 2. The van der Waals surface area contributed by atoms with E-state index in [1.807, 2.05) is 13.1 Å². The van der Waals surface area contributed by atoms with Gasteiger partial charge in [0.25, 0.3) is 0 Å². The Labute approximate surface area is 231 Å². The molecule has 1 N–H and O–H groups in total. The van der Waals surface area contributed by atoms with Gasteiger partial charge in [-0.15, -0.1) is 0 Å². The number of carbonyl (C=O) groups is 1. The Kier molecular flexibility index (Phi) is 7.48. The molecule has 212 valence electrons. The minimum absolute atomic E-state index is 0.00752. The van der Waals surface area contributed by atoms with Crippen molar-refractivity contribution < 1.29 is 22.7 Å². The molecule has 0 saturated carbocycles. The van der Waals surface area contributed by atoms with Gasteiger partial charge in [-0.3, -0.25) is 14.7 Å². The number of alkyl halides is 3. The van der Waals surface area contributed by atoms with Crippen LogP contribution < -0.4 is 5.32 Å². The Morgan fingerprint density at radius 3 is 2.77 bits per heavy atom. The summed E-state index contributed by atoms with van der Waals surface area (Å²) in [5.74, 6) is 1.33. The molecule has 3 unspecified atom stereocenters. The highest BCUT2D eigenvalue weighted by atomic mass is 19.4. The van der Waals surface area contributed by atoms with Gasteiger partial charge in [0.1, 0.15) is 12.1 Å². The highest BCUT2D eigenvalue weighted by Crippen LogP contribution is 2.42. The molecule has 0 spiro atoms. The maximum Gasteiger partial charge on any atom is 0.416 e. The van der Waals surface area contributed by atoms with Crippen molar-refractivity contribution in [3.63, 3.8) is 0 Å². The summed E-state index contributed by atoms with van der Waals surface area (Å²) in [5.41, 5.74) is 3.43. The molecule has 2 aliphatic heterocycles. The van der Waals surface area contributed by atoms with Crippen molar-refractivity contribution in [3.05, 3.63) is 59.2 Å². The maximum absolute atomic E-state index is 13.3. The highest BCUT2D eigenvalue weighted by molar-refractivity contribution is 5.91. The summed E-state index contributed by atoms with van der Waals surface area (Å²) in [6.45, 7) is 5.38. The van der Waals surface area contributed by atoms with Crippen molar-refractivity contribution in [1.29, 1.82) is 0 Å². The minimum Gasteiger partial charge on any atom is -0.380 e. The van der Waals surface area contributed by atoms with Crippen LogP contribution in [-0.2, 0) is 22.1 Å². The minimum atomic E-state index is -4.47. The molecular weight excluding hydrogens is 519 g/mol. The van der Waals surface area contributed by atoms with Gasteiger partial charge in [0.05, 0.1) is 24.2 Å². The SMILES string of the molecule is Cc1cc2c(cn1)C(C[C@H]1CN(C3CCOC3)CC1CC(=O)CNc1ncnc3ccc(C(F)(F)F)cc13)CC2. The molecular formula is C30H34F3N5O2. The number of pyridine rings is 1. The standard InChI is InChI=1S/C30H34F3N5O2/c1-18-8-19-2-3-20(27(19)13-34-18)9-21-14-38(24-6-7-40-16-24)15-22(21)10-25(39)12-35-29-26-11-23(30(31,32)33)4-5-28(26)36-17-37-29/h4-5,8,11,13,17,20-22,24H,2-3,6-7,9-10,12,14-16H2,1H3,(H,35,36,37)/t20?,21-,22?,24?/m0/s1. The molecule has 7 nitrogen and oxygen atoms in total. The molecule has 4 atom stereocenters. The van der Waals surface area contributed by atoms with Gasteiger partial charge in [-0.05, 0) is 85.8 Å². The maximum atomic E-state index is 13.3. The van der Waals surface area contributed by atoms with Crippen LogP contribution in [0, 0.1) is 18.8 Å². The van der Waals surface area contributed by atoms with Crippen molar-refractivity contribution >= 4 is 22.5 Å². The highest BCUT2D eigenvalue weighted by Gasteiger charge is 2.40. The first-order valence-electron chi connectivity index (χ1n) is 14.1. The van der Waals surface area contributed by atoms with Gasteiger partial charge in [-0.1, -0.05) is 0 Å². The third-order valence-corrected chi connectivity index (χ3v) is 8.88. The molecule has 4 heterocycles. The molecule has 0 bridgehead atoms. The molecule has 40 heavy (non-hydrogen) atoms. The van der Waals surface area contributed by atoms with Crippen LogP contribution in [0.15, 0.2) is 36.8 Å². The number of hydrogen-bond acceptors (Lipinski definition) is 7. The first-order chi connectivity index (χ1) is 19.2. The average molecular weight is 554 g/mol. The van der Waals surface area contributed by atoms with E-state index in [1.54, 1.807) is 0 Å². The van der Waals surface area contributed by atoms with Crippen LogP contribution in [0.5, 0.6) is 0 Å². The van der Waals surface area contributed by atoms with Gasteiger partial charge >= 0.3 is 6.18 Å². The van der Waals surface area contributed by atoms with Crippen LogP contribution in [0.1, 0.15) is 54.0 Å². The number of benzene rings is 1. The fraction of sp³-hybridized carbons (Fsp3) is 0.533. The molecule has 2 saturated heterocycles. The van der Waals surface area contributed by atoms with Crippen LogP contribution in [0.3, 0.4) is 0 Å². The molecule has 0 amide bonds. The topological polar surface area (TPSA) is 80.2 Å². The zero-order valence-corrected chi connectivity index (χ0v) is 22.6. The van der Waals surface area contributed by atoms with Gasteiger partial charge in [0, 0.05) is 49.4 Å². The first-order valence-corrected chi connectivity index (χ1v) is 14.1. The number of halogens is 3. The van der Waals surface area contributed by atoms with Gasteiger partial charge < -0.3 is 10.1 Å². The summed E-state index contributed by atoms with van der Waals surface area (Å²) in [7, 11) is 0. The lowest BCUT2D eigenvalue weighted by atomic mass is 9.82. The Morgan fingerprint density at radius 1 is 1.12 bits per heavy atom. The van der Waals surface area contributed by atoms with E-state index < -0.39 is 11.7 Å². The van der Waals surface area contributed by atoms with Crippen molar-refractivity contribution in [1.82, 2.24) is 19.9 Å². The van der Waals surface area contributed by atoms with E-state index in [0.29, 0.717) is 29.8 Å². The lowest BCUT2D eigenvalue weighted by molar-refractivity contribution is -0.137. The summed E-state index contributed by atoms with van der Waals surface area (Å²) in [4.78, 5) is 28.5. The van der Waals surface area contributed by atoms with Crippen LogP contribution in [0.2, 0.25) is 0 Å². The van der Waals surface area contributed by atoms with E-state index in [1.165, 1.54) is 23.5 Å². The van der Waals surface area contributed by atoms with E-state index in [0.717, 1.165) is 69.8 Å². The molecule has 2 aromatic heterocycles. The third-order valence-electron chi connectivity index (χ3n) is 8.88. The van der Waals surface area contributed by atoms with E-state index in [9.17, 15) is 18.0 Å². The number of carbonyl (C=O) groups excluding carboxylic acids is 1. The molecule has 1 aliphatic carbocycles. The Balaban J connectivity index is 1.14. The molecule has 0 radical (unpaired) electrons. The largest absolute Gasteiger partial charge is 0.416 e. The van der Waals surface area contributed by atoms with Gasteiger partial charge in [-0.2, -0.15) is 13.2 Å². The average Bonchev–Trinajstić information content (AvgIpc) is 3.68. The monoisotopic (exact) mass is 553 g/mol. The Hall–Kier alpha value is -3.11. The second kappa shape index (κ2) is 11.0. The second-order valence-electron chi connectivity index (χ2n) is 11.5. The number of nitrogens with zero attached hydrogens (tertiary/aromatic N) is 4. The molecule has 2 fully saturated rings. The van der Waals surface area contributed by atoms with Gasteiger partial charge in [-0.25, -0.2) is 9.97 Å². The lowest BCUT2D eigenvalue weighted by Gasteiger charge is -2.23. The van der Waals surface area contributed by atoms with Crippen LogP contribution >= 0.6 is 0 Å². The van der Waals surface area contributed by atoms with Crippen molar-refractivity contribution in [2.75, 3.05) is 38.2 Å². The van der Waals surface area contributed by atoms with E-state index >= 15 is 0 Å². The Bertz CT molecular complexity index is 1390. The third kappa shape index (κ3) is 5.69. The number of likely N-dealkylation sites (tertiary alicyclic amines) is 1. The summed E-state index contributed by atoms with van der Waals surface area (Å²) >= 11 is 0. The molecule has 3 aromatic rings. The molecule has 1 aromatic carbocycles. The first kappa shape index (κ1) is 27.1. The van der Waals surface area contributed by atoms with E-state index in [-0.39, 0.29) is 29.4 Å². The zero-order valence-electron chi connectivity index (χ0n) is 22.6. The van der Waals surface area contributed by atoms with E-state index in [4.69, 9.17) is 4.74 Å². The van der Waals surface area contributed by atoms with Crippen molar-refractivity contribution in [2.45, 2.75) is 57.2 Å². The number of anilines is 1. The number of ether oxygens (including phenoxy) is 1. The summed E-state index contributed by atoms with van der Waals surface area (Å²) < 4.78 is 45.5. The Morgan fingerprint density at radius 2 is 1.98 bits per heavy atom. The van der Waals surface area contributed by atoms with Crippen molar-refractivity contribution in [3.8, 4) is 0 Å². The molecule has 10 heteroatoms. The number of nitrogens with one attached hydrogen (secondary N) is 1. The van der Waals surface area contributed by atoms with Crippen molar-refractivity contribution in [2.24, 2.45) is 11.8 Å². The second-order valence-corrected chi connectivity index (χ2v) is 11.5.